The molecule has 1 aliphatic carbocycles. The van der Waals surface area contributed by atoms with Crippen LogP contribution < -0.4 is 5.32 Å². The molecule has 1 fully saturated rings. The van der Waals surface area contributed by atoms with E-state index < -0.39 is 18.0 Å². The zero-order chi connectivity index (χ0) is 19.1. The Bertz CT molecular complexity index is 972. The Morgan fingerprint density at radius 3 is 2.78 bits per heavy atom. The topological polar surface area (TPSA) is 64.2 Å². The van der Waals surface area contributed by atoms with Crippen LogP contribution in [-0.2, 0) is 0 Å². The largest absolute Gasteiger partial charge is 0.319 e. The maximum Gasteiger partial charge on any atom is 0.284 e. The number of hydrogen-bond donors (Lipinski definition) is 1. The Morgan fingerprint density at radius 2 is 2.07 bits per heavy atom. The third-order valence-electron chi connectivity index (χ3n) is 5.34. The van der Waals surface area contributed by atoms with Gasteiger partial charge < -0.3 is 9.72 Å². The van der Waals surface area contributed by atoms with Gasteiger partial charge in [0.1, 0.15) is 5.65 Å². The highest BCUT2D eigenvalue weighted by Gasteiger charge is 2.34. The van der Waals surface area contributed by atoms with Gasteiger partial charge in [-0.15, -0.1) is 0 Å². The van der Waals surface area contributed by atoms with Crippen LogP contribution in [0.3, 0.4) is 0 Å². The van der Waals surface area contributed by atoms with Gasteiger partial charge in [-0.25, -0.2) is 13.8 Å². The van der Waals surface area contributed by atoms with Crippen LogP contribution in [0.1, 0.15) is 55.2 Å². The van der Waals surface area contributed by atoms with Crippen LogP contribution in [0.2, 0.25) is 0 Å². The molecule has 3 aromatic rings. The number of rotatable bonds is 5. The van der Waals surface area contributed by atoms with E-state index in [2.05, 4.69) is 29.2 Å². The molecular formula is C19H21F2N5O. The van der Waals surface area contributed by atoms with Gasteiger partial charge >= 0.3 is 0 Å². The van der Waals surface area contributed by atoms with Gasteiger partial charge in [0.15, 0.2) is 5.69 Å². The van der Waals surface area contributed by atoms with Gasteiger partial charge in [0, 0.05) is 24.8 Å². The second-order valence-electron chi connectivity index (χ2n) is 7.37. The number of nitrogens with one attached hydrogen (secondary N) is 1. The molecule has 6 nitrogen and oxygen atoms in total. The van der Waals surface area contributed by atoms with Crippen molar-refractivity contribution in [1.29, 1.82) is 0 Å². The minimum atomic E-state index is -2.76. The van der Waals surface area contributed by atoms with Crippen LogP contribution in [0, 0.1) is 11.8 Å². The van der Waals surface area contributed by atoms with E-state index in [-0.39, 0.29) is 11.7 Å². The van der Waals surface area contributed by atoms with Crippen molar-refractivity contribution < 1.29 is 13.6 Å². The SMILES string of the molecule is CC(C)C1CC(n2cc(NC(=O)c3ccn4cccnc34)c(C(F)F)n2)C1. The van der Waals surface area contributed by atoms with Crippen molar-refractivity contribution >= 4 is 17.2 Å². The normalized spacial score (nSPS) is 19.6. The fourth-order valence-electron chi connectivity index (χ4n) is 3.55. The highest BCUT2D eigenvalue weighted by atomic mass is 19.3. The quantitative estimate of drug-likeness (QED) is 0.724. The molecule has 0 radical (unpaired) electrons. The fraction of sp³-hybridized carbons (Fsp3) is 0.421. The summed E-state index contributed by atoms with van der Waals surface area (Å²) in [6.45, 7) is 4.33. The number of carbonyl (C=O) groups excluding carboxylic acids is 1. The minimum Gasteiger partial charge on any atom is -0.319 e. The van der Waals surface area contributed by atoms with Crippen molar-refractivity contribution in [1.82, 2.24) is 19.2 Å². The maximum atomic E-state index is 13.4. The number of fused-ring (bicyclic) bond motifs is 1. The van der Waals surface area contributed by atoms with E-state index in [0.29, 0.717) is 23.0 Å². The first-order valence-electron chi connectivity index (χ1n) is 9.04. The summed E-state index contributed by atoms with van der Waals surface area (Å²) >= 11 is 0. The van der Waals surface area contributed by atoms with E-state index in [1.54, 1.807) is 39.8 Å². The highest BCUT2D eigenvalue weighted by molar-refractivity contribution is 6.08. The number of amides is 1. The van der Waals surface area contributed by atoms with Gasteiger partial charge in [0.05, 0.1) is 17.3 Å². The molecule has 0 saturated heterocycles. The lowest BCUT2D eigenvalue weighted by Gasteiger charge is -2.38. The third-order valence-corrected chi connectivity index (χ3v) is 5.34. The summed E-state index contributed by atoms with van der Waals surface area (Å²) < 4.78 is 30.1. The molecule has 27 heavy (non-hydrogen) atoms. The number of aromatic nitrogens is 4. The Morgan fingerprint density at radius 1 is 1.30 bits per heavy atom. The molecule has 0 bridgehead atoms. The molecule has 4 rings (SSSR count). The third kappa shape index (κ3) is 3.20. The average Bonchev–Trinajstić information content (AvgIpc) is 3.17. The van der Waals surface area contributed by atoms with E-state index in [1.165, 1.54) is 6.20 Å². The number of alkyl halides is 2. The van der Waals surface area contributed by atoms with E-state index in [9.17, 15) is 13.6 Å². The number of carbonyl (C=O) groups is 1. The fourth-order valence-corrected chi connectivity index (χ4v) is 3.55. The van der Waals surface area contributed by atoms with Crippen molar-refractivity contribution in [2.75, 3.05) is 5.32 Å². The minimum absolute atomic E-state index is 0.0540. The summed E-state index contributed by atoms with van der Waals surface area (Å²) in [6, 6.07) is 3.47. The molecule has 1 aliphatic rings. The molecule has 1 amide bonds. The summed E-state index contributed by atoms with van der Waals surface area (Å²) in [5, 5.41) is 6.64. The van der Waals surface area contributed by atoms with Crippen LogP contribution in [0.4, 0.5) is 14.5 Å². The Hall–Kier alpha value is -2.77. The summed E-state index contributed by atoms with van der Waals surface area (Å²) in [6.07, 6.45) is 5.65. The van der Waals surface area contributed by atoms with Crippen molar-refractivity contribution in [3.63, 3.8) is 0 Å². The van der Waals surface area contributed by atoms with Crippen LogP contribution in [0.25, 0.3) is 5.65 Å². The van der Waals surface area contributed by atoms with Gasteiger partial charge in [0.2, 0.25) is 0 Å². The summed E-state index contributed by atoms with van der Waals surface area (Å²) in [5.41, 5.74) is 0.456. The summed E-state index contributed by atoms with van der Waals surface area (Å²) in [5.74, 6) is 0.679. The molecule has 8 heteroatoms. The first kappa shape index (κ1) is 17.6. The van der Waals surface area contributed by atoms with E-state index in [0.717, 1.165) is 12.8 Å². The lowest BCUT2D eigenvalue weighted by atomic mass is 9.74. The first-order valence-corrected chi connectivity index (χ1v) is 9.04. The second-order valence-corrected chi connectivity index (χ2v) is 7.37. The van der Waals surface area contributed by atoms with Crippen LogP contribution >= 0.6 is 0 Å². The standard InChI is InChI=1S/C19H21F2N5O/c1-11(2)12-8-13(9-12)26-10-15(16(24-26)17(20)21)23-19(27)14-4-7-25-6-3-5-22-18(14)25/h3-7,10-13,17H,8-9H2,1-2H3,(H,23,27). The zero-order valence-electron chi connectivity index (χ0n) is 15.1. The van der Waals surface area contributed by atoms with E-state index >= 15 is 0 Å². The molecule has 0 aromatic carbocycles. The Kier molecular flexibility index (Phi) is 4.41. The van der Waals surface area contributed by atoms with Crippen molar-refractivity contribution in [3.05, 3.63) is 48.2 Å². The predicted molar refractivity (Wildman–Crippen MR) is 96.9 cm³/mol. The first-order chi connectivity index (χ1) is 12.9. The van der Waals surface area contributed by atoms with Crippen molar-refractivity contribution in [3.8, 4) is 0 Å². The zero-order valence-corrected chi connectivity index (χ0v) is 15.1. The molecule has 3 aromatic heterocycles. The van der Waals surface area contributed by atoms with Gasteiger partial charge in [0.25, 0.3) is 12.3 Å². The smallest absolute Gasteiger partial charge is 0.284 e. The second kappa shape index (κ2) is 6.75. The number of hydrogen-bond acceptors (Lipinski definition) is 3. The Balaban J connectivity index is 1.57. The van der Waals surface area contributed by atoms with Crippen LogP contribution in [-0.4, -0.2) is 25.1 Å². The molecule has 142 valence electrons. The molecular weight excluding hydrogens is 352 g/mol. The molecule has 1 N–H and O–H groups in total. The molecule has 0 spiro atoms. The maximum absolute atomic E-state index is 13.4. The number of nitrogens with zero attached hydrogens (tertiary/aromatic N) is 4. The Labute approximate surface area is 155 Å². The van der Waals surface area contributed by atoms with Crippen molar-refractivity contribution in [2.24, 2.45) is 11.8 Å². The predicted octanol–water partition coefficient (Wildman–Crippen LogP) is 4.33. The van der Waals surface area contributed by atoms with E-state index in [4.69, 9.17) is 0 Å². The van der Waals surface area contributed by atoms with E-state index in [1.807, 2.05) is 0 Å². The summed E-state index contributed by atoms with van der Waals surface area (Å²) in [4.78, 5) is 16.8. The van der Waals surface area contributed by atoms with Gasteiger partial charge in [-0.2, -0.15) is 5.10 Å². The van der Waals surface area contributed by atoms with Crippen molar-refractivity contribution in [2.45, 2.75) is 39.2 Å². The highest BCUT2D eigenvalue weighted by Crippen LogP contribution is 2.42. The summed E-state index contributed by atoms with van der Waals surface area (Å²) in [7, 11) is 0. The average molecular weight is 373 g/mol. The van der Waals surface area contributed by atoms with Gasteiger partial charge in [-0.05, 0) is 36.8 Å². The molecule has 0 unspecified atom stereocenters. The number of anilines is 1. The lowest BCUT2D eigenvalue weighted by molar-refractivity contribution is 0.102. The lowest BCUT2D eigenvalue weighted by Crippen LogP contribution is -2.30. The monoisotopic (exact) mass is 373 g/mol. The molecule has 0 atom stereocenters. The number of halogens is 2. The molecule has 0 aliphatic heterocycles. The molecule has 3 heterocycles. The van der Waals surface area contributed by atoms with Gasteiger partial charge in [-0.1, -0.05) is 13.8 Å². The van der Waals surface area contributed by atoms with Gasteiger partial charge in [-0.3, -0.25) is 9.48 Å². The van der Waals surface area contributed by atoms with Crippen LogP contribution in [0.5, 0.6) is 0 Å². The van der Waals surface area contributed by atoms with Crippen LogP contribution in [0.15, 0.2) is 36.9 Å². The molecule has 1 saturated carbocycles.